The summed E-state index contributed by atoms with van der Waals surface area (Å²) in [5.74, 6) is -1.25. The van der Waals surface area contributed by atoms with Crippen molar-refractivity contribution in [2.75, 3.05) is 26.3 Å². The fourth-order valence-corrected chi connectivity index (χ4v) is 1.77. The van der Waals surface area contributed by atoms with Gasteiger partial charge in [0.25, 0.3) is 0 Å². The van der Waals surface area contributed by atoms with Crippen LogP contribution < -0.4 is 10.6 Å². The van der Waals surface area contributed by atoms with E-state index in [0.29, 0.717) is 13.2 Å². The van der Waals surface area contributed by atoms with Crippen LogP contribution in [0.3, 0.4) is 0 Å². The average Bonchev–Trinajstić information content (AvgIpc) is 2.73. The van der Waals surface area contributed by atoms with Crippen molar-refractivity contribution in [3.05, 3.63) is 0 Å². The van der Waals surface area contributed by atoms with Gasteiger partial charge in [0.2, 0.25) is 5.91 Å². The first kappa shape index (κ1) is 13.9. The van der Waals surface area contributed by atoms with E-state index in [0.717, 1.165) is 13.0 Å². The van der Waals surface area contributed by atoms with E-state index in [-0.39, 0.29) is 30.8 Å². The molecule has 0 saturated carbocycles. The predicted molar refractivity (Wildman–Crippen MR) is 61.7 cm³/mol. The largest absolute Gasteiger partial charge is 0.481 e. The zero-order valence-electron chi connectivity index (χ0n) is 10.1. The molecule has 3 N–H and O–H groups in total. The van der Waals surface area contributed by atoms with Gasteiger partial charge in [-0.2, -0.15) is 0 Å². The third kappa shape index (κ3) is 4.70. The second kappa shape index (κ2) is 7.24. The Kier molecular flexibility index (Phi) is 5.93. The molecule has 2 atom stereocenters. The molecule has 1 amide bonds. The molecule has 2 unspecified atom stereocenters. The van der Waals surface area contributed by atoms with Crippen LogP contribution >= 0.6 is 0 Å². The number of ether oxygens (including phenoxy) is 1. The number of hydrogen-bond acceptors (Lipinski definition) is 4. The van der Waals surface area contributed by atoms with Gasteiger partial charge >= 0.3 is 5.97 Å². The second-order valence-electron chi connectivity index (χ2n) is 4.14. The van der Waals surface area contributed by atoms with Crippen molar-refractivity contribution in [2.45, 2.75) is 25.8 Å². The summed E-state index contributed by atoms with van der Waals surface area (Å²) in [6.45, 7) is 4.03. The van der Waals surface area contributed by atoms with Crippen LogP contribution in [-0.4, -0.2) is 49.3 Å². The maximum Gasteiger partial charge on any atom is 0.305 e. The summed E-state index contributed by atoms with van der Waals surface area (Å²) in [4.78, 5) is 22.1. The molecule has 1 aliphatic heterocycles. The topological polar surface area (TPSA) is 87.7 Å². The Labute approximate surface area is 101 Å². The van der Waals surface area contributed by atoms with E-state index in [9.17, 15) is 9.59 Å². The highest BCUT2D eigenvalue weighted by Crippen LogP contribution is 2.13. The molecule has 6 nitrogen and oxygen atoms in total. The van der Waals surface area contributed by atoms with E-state index in [2.05, 4.69) is 17.6 Å². The van der Waals surface area contributed by atoms with Gasteiger partial charge in [0, 0.05) is 12.6 Å². The van der Waals surface area contributed by atoms with Crippen LogP contribution in [0.5, 0.6) is 0 Å². The molecule has 1 rings (SSSR count). The van der Waals surface area contributed by atoms with E-state index < -0.39 is 5.97 Å². The van der Waals surface area contributed by atoms with Crippen molar-refractivity contribution in [1.29, 1.82) is 0 Å². The van der Waals surface area contributed by atoms with Crippen molar-refractivity contribution in [3.63, 3.8) is 0 Å². The summed E-state index contributed by atoms with van der Waals surface area (Å²) in [5, 5.41) is 14.4. The van der Waals surface area contributed by atoms with Gasteiger partial charge in [-0.05, 0) is 13.0 Å². The Morgan fingerprint density at radius 3 is 2.76 bits per heavy atom. The summed E-state index contributed by atoms with van der Waals surface area (Å²) in [7, 11) is 0. The van der Waals surface area contributed by atoms with E-state index in [1.807, 2.05) is 0 Å². The first-order valence-electron chi connectivity index (χ1n) is 5.95. The normalized spacial score (nSPS) is 23.6. The number of aliphatic carboxylic acids is 1. The number of rotatable bonds is 7. The van der Waals surface area contributed by atoms with Gasteiger partial charge in [0.15, 0.2) is 0 Å². The van der Waals surface area contributed by atoms with Gasteiger partial charge < -0.3 is 20.5 Å². The maximum absolute atomic E-state index is 11.8. The number of carbonyl (C=O) groups is 2. The predicted octanol–water partition coefficient (Wildman–Crippen LogP) is -0.408. The lowest BCUT2D eigenvalue weighted by atomic mass is 10.0. The molecular weight excluding hydrogens is 224 g/mol. The summed E-state index contributed by atoms with van der Waals surface area (Å²) < 4.78 is 5.28. The molecule has 1 fully saturated rings. The highest BCUT2D eigenvalue weighted by molar-refractivity contribution is 5.80. The maximum atomic E-state index is 11.8. The Balaban J connectivity index is 2.31. The molecule has 1 heterocycles. The second-order valence-corrected chi connectivity index (χ2v) is 4.14. The highest BCUT2D eigenvalue weighted by atomic mass is 16.5. The van der Waals surface area contributed by atoms with E-state index in [1.165, 1.54) is 0 Å². The molecule has 1 aliphatic rings. The molecule has 0 aromatic carbocycles. The van der Waals surface area contributed by atoms with Gasteiger partial charge in [-0.1, -0.05) is 6.92 Å². The summed E-state index contributed by atoms with van der Waals surface area (Å²) in [6.07, 6.45) is 0.955. The lowest BCUT2D eigenvalue weighted by molar-refractivity contribution is -0.137. The minimum absolute atomic E-state index is 0.0415. The third-order valence-electron chi connectivity index (χ3n) is 2.71. The Morgan fingerprint density at radius 1 is 1.35 bits per heavy atom. The SMILES string of the molecule is CCCNC1COCC1C(=O)NCCC(=O)O. The fourth-order valence-electron chi connectivity index (χ4n) is 1.77. The van der Waals surface area contributed by atoms with Crippen LogP contribution in [0.2, 0.25) is 0 Å². The number of hydrogen-bond donors (Lipinski definition) is 3. The number of amides is 1. The molecule has 0 aromatic rings. The molecular formula is C11H20N2O4. The molecule has 98 valence electrons. The Morgan fingerprint density at radius 2 is 2.12 bits per heavy atom. The molecule has 0 aromatic heterocycles. The van der Waals surface area contributed by atoms with Crippen LogP contribution in [0.1, 0.15) is 19.8 Å². The molecule has 0 bridgehead atoms. The van der Waals surface area contributed by atoms with Crippen LogP contribution in [0.4, 0.5) is 0 Å². The first-order chi connectivity index (χ1) is 8.15. The van der Waals surface area contributed by atoms with Crippen LogP contribution in [0.25, 0.3) is 0 Å². The van der Waals surface area contributed by atoms with Crippen LogP contribution in [0, 0.1) is 5.92 Å². The van der Waals surface area contributed by atoms with Crippen molar-refractivity contribution in [1.82, 2.24) is 10.6 Å². The molecule has 0 aliphatic carbocycles. The van der Waals surface area contributed by atoms with E-state index in [4.69, 9.17) is 9.84 Å². The van der Waals surface area contributed by atoms with Crippen LogP contribution in [0.15, 0.2) is 0 Å². The van der Waals surface area contributed by atoms with Gasteiger partial charge in [-0.25, -0.2) is 0 Å². The number of carboxylic acid groups (broad SMARTS) is 1. The lowest BCUT2D eigenvalue weighted by Gasteiger charge is -2.18. The lowest BCUT2D eigenvalue weighted by Crippen LogP contribution is -2.44. The minimum Gasteiger partial charge on any atom is -0.481 e. The van der Waals surface area contributed by atoms with Crippen molar-refractivity contribution in [2.24, 2.45) is 5.92 Å². The van der Waals surface area contributed by atoms with Crippen molar-refractivity contribution in [3.8, 4) is 0 Å². The van der Waals surface area contributed by atoms with E-state index >= 15 is 0 Å². The van der Waals surface area contributed by atoms with E-state index in [1.54, 1.807) is 0 Å². The Bertz CT molecular complexity index is 270. The zero-order chi connectivity index (χ0) is 12.7. The summed E-state index contributed by atoms with van der Waals surface area (Å²) >= 11 is 0. The summed E-state index contributed by atoms with van der Waals surface area (Å²) in [6, 6.07) is 0.0415. The number of carbonyl (C=O) groups excluding carboxylic acids is 1. The summed E-state index contributed by atoms with van der Waals surface area (Å²) in [5.41, 5.74) is 0. The van der Waals surface area contributed by atoms with Gasteiger partial charge in [-0.15, -0.1) is 0 Å². The minimum atomic E-state index is -0.909. The zero-order valence-corrected chi connectivity index (χ0v) is 10.1. The molecule has 6 heteroatoms. The first-order valence-corrected chi connectivity index (χ1v) is 5.95. The monoisotopic (exact) mass is 244 g/mol. The van der Waals surface area contributed by atoms with Gasteiger partial charge in [0.05, 0.1) is 25.6 Å². The number of nitrogens with one attached hydrogen (secondary N) is 2. The standard InChI is InChI=1S/C11H20N2O4/c1-2-4-12-9-7-17-6-8(9)11(16)13-5-3-10(14)15/h8-9,12H,2-7H2,1H3,(H,13,16)(H,14,15). The Hall–Kier alpha value is -1.14. The van der Waals surface area contributed by atoms with Crippen molar-refractivity contribution >= 4 is 11.9 Å². The molecule has 0 radical (unpaired) electrons. The van der Waals surface area contributed by atoms with Crippen molar-refractivity contribution < 1.29 is 19.4 Å². The average molecular weight is 244 g/mol. The quantitative estimate of drug-likeness (QED) is 0.567. The molecule has 1 saturated heterocycles. The smallest absolute Gasteiger partial charge is 0.305 e. The van der Waals surface area contributed by atoms with Gasteiger partial charge in [0.1, 0.15) is 0 Å². The molecule has 0 spiro atoms. The van der Waals surface area contributed by atoms with Crippen LogP contribution in [-0.2, 0) is 14.3 Å². The number of carboxylic acids is 1. The highest BCUT2D eigenvalue weighted by Gasteiger charge is 2.33. The third-order valence-corrected chi connectivity index (χ3v) is 2.71. The molecule has 17 heavy (non-hydrogen) atoms. The fraction of sp³-hybridized carbons (Fsp3) is 0.818. The van der Waals surface area contributed by atoms with Gasteiger partial charge in [-0.3, -0.25) is 9.59 Å².